The lowest BCUT2D eigenvalue weighted by Crippen LogP contribution is -2.15. The summed E-state index contributed by atoms with van der Waals surface area (Å²) in [6.07, 6.45) is 0.838. The number of nitrogens with zero attached hydrogens (tertiary/aromatic N) is 3. The van der Waals surface area contributed by atoms with Crippen molar-refractivity contribution in [1.29, 1.82) is 0 Å². The van der Waals surface area contributed by atoms with Gasteiger partial charge in [0.05, 0.1) is 15.6 Å². The predicted octanol–water partition coefficient (Wildman–Crippen LogP) is 8.93. The SMILES string of the molecule is CC(C)c1onc(-c2c(Cl)cccc2Cl)c1COc1ccc(C2CC2(C)c2cc(C(=O)O)nn2C(C)C)c(Cl)c1. The number of carboxylic acids is 1. The second-order valence-corrected chi connectivity index (χ2v) is 12.3. The summed E-state index contributed by atoms with van der Waals surface area (Å²) in [5, 5.41) is 19.6. The first-order chi connectivity index (χ1) is 18.9. The smallest absolute Gasteiger partial charge is 0.356 e. The van der Waals surface area contributed by atoms with Crippen LogP contribution in [0.15, 0.2) is 47.0 Å². The number of halogens is 3. The van der Waals surface area contributed by atoms with Gasteiger partial charge in [0.25, 0.3) is 0 Å². The van der Waals surface area contributed by atoms with Gasteiger partial charge >= 0.3 is 5.97 Å². The maximum Gasteiger partial charge on any atom is 0.356 e. The summed E-state index contributed by atoms with van der Waals surface area (Å²) in [6, 6.07) is 12.7. The molecule has 0 saturated heterocycles. The molecule has 1 saturated carbocycles. The van der Waals surface area contributed by atoms with Crippen LogP contribution in [0.25, 0.3) is 11.3 Å². The molecule has 1 fully saturated rings. The van der Waals surface area contributed by atoms with Gasteiger partial charge < -0.3 is 14.4 Å². The van der Waals surface area contributed by atoms with Crippen LogP contribution in [0.5, 0.6) is 5.75 Å². The Kier molecular flexibility index (Phi) is 7.68. The lowest BCUT2D eigenvalue weighted by Gasteiger charge is -2.18. The number of carboxylic acid groups (broad SMARTS) is 1. The van der Waals surface area contributed by atoms with Gasteiger partial charge in [-0.3, -0.25) is 4.68 Å². The molecule has 0 spiro atoms. The Morgan fingerprint density at radius 2 is 1.82 bits per heavy atom. The minimum atomic E-state index is -1.03. The van der Waals surface area contributed by atoms with Crippen LogP contribution < -0.4 is 4.74 Å². The van der Waals surface area contributed by atoms with Gasteiger partial charge in [-0.2, -0.15) is 5.10 Å². The zero-order chi connectivity index (χ0) is 28.9. The van der Waals surface area contributed by atoms with Crippen molar-refractivity contribution in [1.82, 2.24) is 14.9 Å². The summed E-state index contributed by atoms with van der Waals surface area (Å²) in [5.41, 5.74) is 3.61. The minimum Gasteiger partial charge on any atom is -0.489 e. The van der Waals surface area contributed by atoms with E-state index >= 15 is 0 Å². The molecule has 0 bridgehead atoms. The van der Waals surface area contributed by atoms with Crippen LogP contribution in [0, 0.1) is 0 Å². The quantitative estimate of drug-likeness (QED) is 0.206. The largest absolute Gasteiger partial charge is 0.489 e. The fourth-order valence-electron chi connectivity index (χ4n) is 5.29. The number of hydrogen-bond acceptors (Lipinski definition) is 5. The number of aromatic carboxylic acids is 1. The Hall–Kier alpha value is -3.00. The minimum absolute atomic E-state index is 0.0334. The second kappa shape index (κ2) is 10.8. The monoisotopic (exact) mass is 601 g/mol. The Balaban J connectivity index is 1.39. The van der Waals surface area contributed by atoms with E-state index in [0.29, 0.717) is 37.8 Å². The maximum absolute atomic E-state index is 11.6. The highest BCUT2D eigenvalue weighted by Gasteiger charge is 2.55. The Bertz CT molecular complexity index is 1570. The lowest BCUT2D eigenvalue weighted by molar-refractivity contribution is 0.0689. The summed E-state index contributed by atoms with van der Waals surface area (Å²) in [4.78, 5) is 11.6. The van der Waals surface area contributed by atoms with Crippen molar-refractivity contribution in [2.24, 2.45) is 0 Å². The van der Waals surface area contributed by atoms with Gasteiger partial charge in [0.1, 0.15) is 23.8 Å². The molecule has 210 valence electrons. The van der Waals surface area contributed by atoms with Gasteiger partial charge in [0.15, 0.2) is 5.69 Å². The molecule has 10 heteroatoms. The van der Waals surface area contributed by atoms with E-state index in [4.69, 9.17) is 44.1 Å². The summed E-state index contributed by atoms with van der Waals surface area (Å²) in [5.74, 6) is 0.466. The highest BCUT2D eigenvalue weighted by Crippen LogP contribution is 2.61. The molecular weight excluding hydrogens is 573 g/mol. The van der Waals surface area contributed by atoms with E-state index in [0.717, 1.165) is 23.2 Å². The molecule has 7 nitrogen and oxygen atoms in total. The summed E-state index contributed by atoms with van der Waals surface area (Å²) in [6.45, 7) is 10.3. The van der Waals surface area contributed by atoms with Crippen molar-refractivity contribution in [3.63, 3.8) is 0 Å². The average molecular weight is 603 g/mol. The average Bonchev–Trinajstić information content (AvgIpc) is 3.22. The Morgan fingerprint density at radius 1 is 1.12 bits per heavy atom. The van der Waals surface area contributed by atoms with Crippen molar-refractivity contribution in [2.45, 2.75) is 70.9 Å². The number of aromatic nitrogens is 3. The maximum atomic E-state index is 11.6. The molecule has 2 atom stereocenters. The van der Waals surface area contributed by atoms with Crippen molar-refractivity contribution < 1.29 is 19.2 Å². The van der Waals surface area contributed by atoms with Gasteiger partial charge in [0, 0.05) is 33.7 Å². The molecule has 0 radical (unpaired) electrons. The van der Waals surface area contributed by atoms with Crippen LogP contribution in [-0.4, -0.2) is 26.0 Å². The Morgan fingerprint density at radius 3 is 2.42 bits per heavy atom. The van der Waals surface area contributed by atoms with Crippen molar-refractivity contribution in [2.75, 3.05) is 0 Å². The molecule has 0 aliphatic heterocycles. The fourth-order valence-corrected chi connectivity index (χ4v) is 6.17. The van der Waals surface area contributed by atoms with E-state index in [9.17, 15) is 9.90 Å². The van der Waals surface area contributed by atoms with Crippen LogP contribution in [0.4, 0.5) is 0 Å². The Labute approximate surface area is 248 Å². The van der Waals surface area contributed by atoms with E-state index in [1.807, 2.05) is 50.6 Å². The zero-order valence-electron chi connectivity index (χ0n) is 22.8. The highest BCUT2D eigenvalue weighted by molar-refractivity contribution is 6.39. The van der Waals surface area contributed by atoms with Gasteiger partial charge in [-0.25, -0.2) is 4.79 Å². The molecule has 2 unspecified atom stereocenters. The highest BCUT2D eigenvalue weighted by atomic mass is 35.5. The zero-order valence-corrected chi connectivity index (χ0v) is 25.1. The van der Waals surface area contributed by atoms with Crippen LogP contribution in [0.3, 0.4) is 0 Å². The third kappa shape index (κ3) is 5.11. The predicted molar refractivity (Wildman–Crippen MR) is 156 cm³/mol. The van der Waals surface area contributed by atoms with Gasteiger partial charge in [-0.05, 0) is 62.1 Å². The van der Waals surface area contributed by atoms with E-state index in [1.54, 1.807) is 24.3 Å². The number of rotatable bonds is 9. The number of carbonyl (C=O) groups is 1. The van der Waals surface area contributed by atoms with Crippen LogP contribution >= 0.6 is 34.8 Å². The van der Waals surface area contributed by atoms with Crippen LogP contribution in [0.1, 0.15) is 92.0 Å². The van der Waals surface area contributed by atoms with Crippen LogP contribution in [-0.2, 0) is 12.0 Å². The van der Waals surface area contributed by atoms with E-state index in [-0.39, 0.29) is 35.6 Å². The second-order valence-electron chi connectivity index (χ2n) is 11.0. The molecule has 2 heterocycles. The van der Waals surface area contributed by atoms with Gasteiger partial charge in [0.2, 0.25) is 0 Å². The molecular formula is C30H30Cl3N3O4. The first kappa shape index (κ1) is 28.5. The van der Waals surface area contributed by atoms with E-state index in [2.05, 4.69) is 17.2 Å². The molecule has 1 N–H and O–H groups in total. The molecule has 4 aromatic rings. The molecule has 2 aromatic heterocycles. The molecule has 1 aliphatic rings. The van der Waals surface area contributed by atoms with Crippen LogP contribution in [0.2, 0.25) is 15.1 Å². The van der Waals surface area contributed by atoms with Crippen molar-refractivity contribution in [3.05, 3.63) is 85.8 Å². The first-order valence-corrected chi connectivity index (χ1v) is 14.2. The van der Waals surface area contributed by atoms with Gasteiger partial charge in [-0.15, -0.1) is 0 Å². The first-order valence-electron chi connectivity index (χ1n) is 13.1. The normalized spacial score (nSPS) is 18.5. The lowest BCUT2D eigenvalue weighted by atomic mass is 9.96. The number of ether oxygens (including phenoxy) is 1. The third-order valence-electron chi connectivity index (χ3n) is 7.54. The molecule has 5 rings (SSSR count). The van der Waals surface area contributed by atoms with E-state index < -0.39 is 5.97 Å². The fraction of sp³-hybridized carbons (Fsp3) is 0.367. The molecule has 1 aliphatic carbocycles. The standard InChI is InChI=1S/C30H30Cl3N3O4/c1-15(2)28-19(27(35-40-28)26-21(31)7-6-8-22(26)32)14-39-17-9-10-18(23(33)11-17)20-13-30(20,5)25-12-24(29(37)38)34-36(25)16(3)4/h6-12,15-16,20H,13-14H2,1-5H3,(H,37,38). The molecule has 40 heavy (non-hydrogen) atoms. The third-order valence-corrected chi connectivity index (χ3v) is 8.50. The molecule has 2 aromatic carbocycles. The van der Waals surface area contributed by atoms with E-state index in [1.165, 1.54) is 0 Å². The number of benzene rings is 2. The summed E-state index contributed by atoms with van der Waals surface area (Å²) >= 11 is 19.7. The molecule has 0 amide bonds. The number of hydrogen-bond donors (Lipinski definition) is 1. The summed E-state index contributed by atoms with van der Waals surface area (Å²) < 4.78 is 13.7. The summed E-state index contributed by atoms with van der Waals surface area (Å²) in [7, 11) is 0. The van der Waals surface area contributed by atoms with Crippen molar-refractivity contribution >= 4 is 40.8 Å². The topological polar surface area (TPSA) is 90.4 Å². The van der Waals surface area contributed by atoms with Crippen molar-refractivity contribution in [3.8, 4) is 17.0 Å². The van der Waals surface area contributed by atoms with Gasteiger partial charge in [-0.1, -0.05) is 72.9 Å².